The Bertz CT molecular complexity index is 377. The van der Waals surface area contributed by atoms with E-state index in [-0.39, 0.29) is 5.91 Å². The molecule has 1 aliphatic rings. The van der Waals surface area contributed by atoms with E-state index in [1.165, 1.54) is 6.20 Å². The largest absolute Gasteiger partial charge is 0.383 e. The lowest BCUT2D eigenvalue weighted by Crippen LogP contribution is -2.39. The first-order valence-electron chi connectivity index (χ1n) is 6.56. The van der Waals surface area contributed by atoms with Crippen LogP contribution in [0.3, 0.4) is 0 Å². The molecule has 1 saturated heterocycles. The molecule has 2 rings (SSSR count). The van der Waals surface area contributed by atoms with E-state index in [4.69, 9.17) is 4.74 Å². The van der Waals surface area contributed by atoms with Crippen LogP contribution in [0.5, 0.6) is 0 Å². The molecule has 0 spiro atoms. The number of nitrogens with zero attached hydrogens (tertiary/aromatic N) is 3. The lowest BCUT2D eigenvalue weighted by atomic mass is 9.97. The topological polar surface area (TPSA) is 67.3 Å². The highest BCUT2D eigenvalue weighted by Crippen LogP contribution is 2.16. The van der Waals surface area contributed by atoms with Crippen molar-refractivity contribution in [3.63, 3.8) is 0 Å². The molecular formula is C12H20N4O2S. The summed E-state index contributed by atoms with van der Waals surface area (Å²) in [5.41, 5.74) is 0. The summed E-state index contributed by atoms with van der Waals surface area (Å²) in [6, 6.07) is 0. The van der Waals surface area contributed by atoms with E-state index in [2.05, 4.69) is 19.8 Å². The number of ether oxygens (including phenoxy) is 1. The van der Waals surface area contributed by atoms with Gasteiger partial charge in [0.25, 0.3) is 5.91 Å². The zero-order valence-corrected chi connectivity index (χ0v) is 12.0. The SMILES string of the molecule is COCCN1CCC(CNC(=O)c2cnns2)CC1. The minimum Gasteiger partial charge on any atom is -0.383 e. The van der Waals surface area contributed by atoms with E-state index in [1.54, 1.807) is 7.11 Å². The van der Waals surface area contributed by atoms with Gasteiger partial charge in [-0.05, 0) is 43.4 Å². The molecule has 0 saturated carbocycles. The fraction of sp³-hybridized carbons (Fsp3) is 0.750. The first kappa shape index (κ1) is 14.4. The second kappa shape index (κ2) is 7.52. The molecule has 0 radical (unpaired) electrons. The maximum Gasteiger partial charge on any atom is 0.264 e. The van der Waals surface area contributed by atoms with Crippen molar-refractivity contribution >= 4 is 17.4 Å². The van der Waals surface area contributed by atoms with Gasteiger partial charge in [-0.1, -0.05) is 4.49 Å². The van der Waals surface area contributed by atoms with E-state index < -0.39 is 0 Å². The Morgan fingerprint density at radius 1 is 1.58 bits per heavy atom. The van der Waals surface area contributed by atoms with Crippen molar-refractivity contribution in [2.45, 2.75) is 12.8 Å². The first-order chi connectivity index (χ1) is 9.29. The van der Waals surface area contributed by atoms with E-state index in [9.17, 15) is 4.79 Å². The molecule has 1 N–H and O–H groups in total. The highest BCUT2D eigenvalue weighted by atomic mass is 32.1. The van der Waals surface area contributed by atoms with Gasteiger partial charge in [-0.3, -0.25) is 4.79 Å². The number of nitrogens with one attached hydrogen (secondary N) is 1. The van der Waals surface area contributed by atoms with Crippen LogP contribution in [0.15, 0.2) is 6.20 Å². The van der Waals surface area contributed by atoms with Crippen LogP contribution in [0.1, 0.15) is 22.5 Å². The number of amides is 1. The molecule has 1 fully saturated rings. The van der Waals surface area contributed by atoms with Crippen LogP contribution in [-0.4, -0.2) is 60.3 Å². The zero-order chi connectivity index (χ0) is 13.5. The number of hydrogen-bond acceptors (Lipinski definition) is 6. The summed E-state index contributed by atoms with van der Waals surface area (Å²) in [6.07, 6.45) is 3.77. The van der Waals surface area contributed by atoms with Gasteiger partial charge >= 0.3 is 0 Å². The van der Waals surface area contributed by atoms with Crippen LogP contribution in [-0.2, 0) is 4.74 Å². The third-order valence-electron chi connectivity index (χ3n) is 3.46. The number of aromatic nitrogens is 2. The normalized spacial score (nSPS) is 17.5. The highest BCUT2D eigenvalue weighted by molar-refractivity contribution is 7.07. The molecule has 1 amide bonds. The Morgan fingerprint density at radius 2 is 2.37 bits per heavy atom. The summed E-state index contributed by atoms with van der Waals surface area (Å²) in [7, 11) is 1.73. The number of methoxy groups -OCH3 is 1. The van der Waals surface area contributed by atoms with Gasteiger partial charge in [-0.25, -0.2) is 0 Å². The summed E-state index contributed by atoms with van der Waals surface area (Å²) in [5.74, 6) is 0.514. The van der Waals surface area contributed by atoms with Crippen molar-refractivity contribution in [3.05, 3.63) is 11.1 Å². The second-order valence-electron chi connectivity index (χ2n) is 4.77. The fourth-order valence-corrected chi connectivity index (χ4v) is 2.66. The van der Waals surface area contributed by atoms with Gasteiger partial charge in [0.05, 0.1) is 12.8 Å². The van der Waals surface area contributed by atoms with Crippen molar-refractivity contribution in [1.29, 1.82) is 0 Å². The van der Waals surface area contributed by atoms with Crippen LogP contribution in [0.25, 0.3) is 0 Å². The van der Waals surface area contributed by atoms with Gasteiger partial charge in [0, 0.05) is 20.2 Å². The van der Waals surface area contributed by atoms with E-state index in [1.807, 2.05) is 0 Å². The fourth-order valence-electron chi connectivity index (χ4n) is 2.23. The molecule has 0 aliphatic carbocycles. The molecule has 19 heavy (non-hydrogen) atoms. The van der Waals surface area contributed by atoms with Crippen molar-refractivity contribution < 1.29 is 9.53 Å². The molecule has 1 aliphatic heterocycles. The van der Waals surface area contributed by atoms with Gasteiger partial charge in [0.2, 0.25) is 0 Å². The first-order valence-corrected chi connectivity index (χ1v) is 7.33. The molecule has 6 nitrogen and oxygen atoms in total. The molecule has 106 valence electrons. The van der Waals surface area contributed by atoms with E-state index in [0.29, 0.717) is 10.8 Å². The predicted molar refractivity (Wildman–Crippen MR) is 73.3 cm³/mol. The maximum absolute atomic E-state index is 11.7. The van der Waals surface area contributed by atoms with Gasteiger partial charge < -0.3 is 15.0 Å². The van der Waals surface area contributed by atoms with Gasteiger partial charge in [0.1, 0.15) is 4.88 Å². The lowest BCUT2D eigenvalue weighted by Gasteiger charge is -2.31. The van der Waals surface area contributed by atoms with Gasteiger partial charge in [-0.15, -0.1) is 5.10 Å². The number of likely N-dealkylation sites (tertiary alicyclic amines) is 1. The summed E-state index contributed by atoms with van der Waals surface area (Å²) >= 11 is 1.13. The lowest BCUT2D eigenvalue weighted by molar-refractivity contribution is 0.0929. The summed E-state index contributed by atoms with van der Waals surface area (Å²) in [4.78, 5) is 14.7. The average Bonchev–Trinajstić information content (AvgIpc) is 2.98. The molecule has 0 bridgehead atoms. The Kier molecular flexibility index (Phi) is 5.68. The van der Waals surface area contributed by atoms with Crippen LogP contribution in [0.2, 0.25) is 0 Å². The van der Waals surface area contributed by atoms with Crippen LogP contribution in [0, 0.1) is 5.92 Å². The molecule has 0 unspecified atom stereocenters. The highest BCUT2D eigenvalue weighted by Gasteiger charge is 2.19. The summed E-state index contributed by atoms with van der Waals surface area (Å²) in [5, 5.41) is 6.63. The predicted octanol–water partition coefficient (Wildman–Crippen LogP) is 0.626. The molecule has 7 heteroatoms. The van der Waals surface area contributed by atoms with Crippen molar-refractivity contribution in [2.75, 3.05) is 39.9 Å². The minimum absolute atomic E-state index is 0.0585. The monoisotopic (exact) mass is 284 g/mol. The second-order valence-corrected chi connectivity index (χ2v) is 5.56. The minimum atomic E-state index is -0.0585. The molecular weight excluding hydrogens is 264 g/mol. The standard InChI is InChI=1S/C12H20N4O2S/c1-18-7-6-16-4-2-10(3-5-16)8-13-12(17)11-9-14-15-19-11/h9-10H,2-8H2,1H3,(H,13,17). The van der Waals surface area contributed by atoms with Crippen molar-refractivity contribution in [1.82, 2.24) is 19.8 Å². The van der Waals surface area contributed by atoms with Gasteiger partial charge in [0.15, 0.2) is 0 Å². The number of carbonyl (C=O) groups excluding carboxylic acids is 1. The van der Waals surface area contributed by atoms with Gasteiger partial charge in [-0.2, -0.15) is 0 Å². The summed E-state index contributed by atoms with van der Waals surface area (Å²) < 4.78 is 8.77. The zero-order valence-electron chi connectivity index (χ0n) is 11.2. The number of piperidine rings is 1. The Hall–Kier alpha value is -1.05. The quantitative estimate of drug-likeness (QED) is 0.830. The van der Waals surface area contributed by atoms with Crippen LogP contribution >= 0.6 is 11.5 Å². The smallest absolute Gasteiger partial charge is 0.264 e. The Balaban J connectivity index is 1.64. The average molecular weight is 284 g/mol. The van der Waals surface area contributed by atoms with Crippen molar-refractivity contribution in [2.24, 2.45) is 5.92 Å². The van der Waals surface area contributed by atoms with Crippen LogP contribution < -0.4 is 5.32 Å². The third kappa shape index (κ3) is 4.52. The summed E-state index contributed by atoms with van der Waals surface area (Å²) in [6.45, 7) is 4.72. The number of hydrogen-bond donors (Lipinski definition) is 1. The van der Waals surface area contributed by atoms with Crippen LogP contribution in [0.4, 0.5) is 0 Å². The number of carbonyl (C=O) groups is 1. The molecule has 0 aromatic carbocycles. The third-order valence-corrected chi connectivity index (χ3v) is 4.12. The van der Waals surface area contributed by atoms with E-state index in [0.717, 1.165) is 57.2 Å². The molecule has 1 aromatic heterocycles. The molecule has 2 heterocycles. The molecule has 0 atom stereocenters. The van der Waals surface area contributed by atoms with E-state index >= 15 is 0 Å². The van der Waals surface area contributed by atoms with Crippen molar-refractivity contribution in [3.8, 4) is 0 Å². The number of rotatable bonds is 6. The maximum atomic E-state index is 11.7. The molecule has 1 aromatic rings. The Labute approximate surface area is 117 Å². The Morgan fingerprint density at radius 3 is 3.00 bits per heavy atom.